The van der Waals surface area contributed by atoms with Gasteiger partial charge in [0.15, 0.2) is 0 Å². The SMILES string of the molecule is CC(=O)Nc1ccc(Cl)c(NC(=O)CCCN)c1. The smallest absolute Gasteiger partial charge is 0.224 e. The lowest BCUT2D eigenvalue weighted by Gasteiger charge is -2.09. The summed E-state index contributed by atoms with van der Waals surface area (Å²) in [7, 11) is 0. The van der Waals surface area contributed by atoms with E-state index in [0.29, 0.717) is 35.8 Å². The van der Waals surface area contributed by atoms with Crippen LogP contribution in [-0.4, -0.2) is 18.4 Å². The summed E-state index contributed by atoms with van der Waals surface area (Å²) in [4.78, 5) is 22.5. The molecule has 5 nitrogen and oxygen atoms in total. The van der Waals surface area contributed by atoms with E-state index in [9.17, 15) is 9.59 Å². The van der Waals surface area contributed by atoms with Crippen molar-refractivity contribution in [3.63, 3.8) is 0 Å². The largest absolute Gasteiger partial charge is 0.330 e. The molecule has 98 valence electrons. The van der Waals surface area contributed by atoms with Crippen molar-refractivity contribution >= 4 is 34.8 Å². The van der Waals surface area contributed by atoms with Crippen molar-refractivity contribution < 1.29 is 9.59 Å². The van der Waals surface area contributed by atoms with Crippen molar-refractivity contribution in [1.82, 2.24) is 0 Å². The highest BCUT2D eigenvalue weighted by molar-refractivity contribution is 6.33. The highest BCUT2D eigenvalue weighted by Crippen LogP contribution is 2.25. The van der Waals surface area contributed by atoms with Crippen molar-refractivity contribution in [2.75, 3.05) is 17.2 Å². The van der Waals surface area contributed by atoms with Crippen molar-refractivity contribution in [2.45, 2.75) is 19.8 Å². The van der Waals surface area contributed by atoms with Gasteiger partial charge in [-0.15, -0.1) is 0 Å². The van der Waals surface area contributed by atoms with Gasteiger partial charge in [0.05, 0.1) is 10.7 Å². The zero-order valence-corrected chi connectivity index (χ0v) is 10.9. The van der Waals surface area contributed by atoms with Crippen LogP contribution in [0.15, 0.2) is 18.2 Å². The Morgan fingerprint density at radius 1 is 1.33 bits per heavy atom. The van der Waals surface area contributed by atoms with E-state index in [1.807, 2.05) is 0 Å². The van der Waals surface area contributed by atoms with E-state index in [1.165, 1.54) is 6.92 Å². The molecule has 0 aliphatic heterocycles. The molecule has 1 rings (SSSR count). The number of anilines is 2. The summed E-state index contributed by atoms with van der Waals surface area (Å²) in [6.07, 6.45) is 0.964. The van der Waals surface area contributed by atoms with Crippen molar-refractivity contribution in [1.29, 1.82) is 0 Å². The molecule has 2 amide bonds. The molecule has 0 aliphatic rings. The predicted octanol–water partition coefficient (Wildman–Crippen LogP) is 1.98. The fourth-order valence-corrected chi connectivity index (χ4v) is 1.54. The third-order valence-corrected chi connectivity index (χ3v) is 2.50. The van der Waals surface area contributed by atoms with E-state index in [-0.39, 0.29) is 11.8 Å². The molecule has 0 aliphatic carbocycles. The van der Waals surface area contributed by atoms with Gasteiger partial charge in [-0.05, 0) is 31.2 Å². The van der Waals surface area contributed by atoms with Crippen LogP contribution in [0, 0.1) is 0 Å². The van der Waals surface area contributed by atoms with E-state index in [0.717, 1.165) is 0 Å². The van der Waals surface area contributed by atoms with Gasteiger partial charge >= 0.3 is 0 Å². The first kappa shape index (κ1) is 14.5. The van der Waals surface area contributed by atoms with Crippen LogP contribution in [0.2, 0.25) is 5.02 Å². The van der Waals surface area contributed by atoms with Gasteiger partial charge in [-0.25, -0.2) is 0 Å². The average molecular weight is 270 g/mol. The maximum atomic E-state index is 11.5. The number of nitrogens with one attached hydrogen (secondary N) is 2. The Kier molecular flexibility index (Phi) is 5.61. The number of hydrogen-bond acceptors (Lipinski definition) is 3. The third-order valence-electron chi connectivity index (χ3n) is 2.17. The number of amides is 2. The quantitative estimate of drug-likeness (QED) is 0.764. The van der Waals surface area contributed by atoms with Crippen LogP contribution in [0.1, 0.15) is 19.8 Å². The highest BCUT2D eigenvalue weighted by Gasteiger charge is 2.07. The molecular formula is C12H16ClN3O2. The Hall–Kier alpha value is -1.59. The number of nitrogens with two attached hydrogens (primary N) is 1. The summed E-state index contributed by atoms with van der Waals surface area (Å²) in [5, 5.41) is 5.72. The van der Waals surface area contributed by atoms with E-state index in [4.69, 9.17) is 17.3 Å². The zero-order chi connectivity index (χ0) is 13.5. The summed E-state index contributed by atoms with van der Waals surface area (Å²) in [6.45, 7) is 1.88. The summed E-state index contributed by atoms with van der Waals surface area (Å²) in [6, 6.07) is 4.90. The van der Waals surface area contributed by atoms with Crippen molar-refractivity contribution in [2.24, 2.45) is 5.73 Å². The summed E-state index contributed by atoms with van der Waals surface area (Å²) >= 11 is 5.96. The lowest BCUT2D eigenvalue weighted by molar-refractivity contribution is -0.116. The van der Waals surface area contributed by atoms with Gasteiger partial charge < -0.3 is 16.4 Å². The van der Waals surface area contributed by atoms with Crippen LogP contribution >= 0.6 is 11.6 Å². The van der Waals surface area contributed by atoms with E-state index < -0.39 is 0 Å². The fourth-order valence-electron chi connectivity index (χ4n) is 1.38. The molecular weight excluding hydrogens is 254 g/mol. The molecule has 1 aromatic carbocycles. The number of benzene rings is 1. The molecule has 18 heavy (non-hydrogen) atoms. The summed E-state index contributed by atoms with van der Waals surface area (Å²) in [5.41, 5.74) is 6.39. The first-order valence-electron chi connectivity index (χ1n) is 5.60. The average Bonchev–Trinajstić information content (AvgIpc) is 2.30. The highest BCUT2D eigenvalue weighted by atomic mass is 35.5. The van der Waals surface area contributed by atoms with Gasteiger partial charge in [-0.3, -0.25) is 9.59 Å². The summed E-state index contributed by atoms with van der Waals surface area (Å²) in [5.74, 6) is -0.333. The molecule has 0 fully saturated rings. The first-order chi connectivity index (χ1) is 8.52. The summed E-state index contributed by atoms with van der Waals surface area (Å²) < 4.78 is 0. The Labute approximate surface area is 111 Å². The zero-order valence-electron chi connectivity index (χ0n) is 10.1. The maximum absolute atomic E-state index is 11.5. The second-order valence-electron chi connectivity index (χ2n) is 3.82. The van der Waals surface area contributed by atoms with Crippen molar-refractivity contribution in [3.8, 4) is 0 Å². The molecule has 0 saturated heterocycles. The van der Waals surface area contributed by atoms with Crippen LogP contribution in [-0.2, 0) is 9.59 Å². The lowest BCUT2D eigenvalue weighted by Crippen LogP contribution is -2.14. The van der Waals surface area contributed by atoms with Gasteiger partial charge in [0.25, 0.3) is 0 Å². The Morgan fingerprint density at radius 3 is 2.67 bits per heavy atom. The first-order valence-corrected chi connectivity index (χ1v) is 5.98. The lowest BCUT2D eigenvalue weighted by atomic mass is 10.2. The number of carbonyl (C=O) groups is 2. The molecule has 0 radical (unpaired) electrons. The number of carbonyl (C=O) groups excluding carboxylic acids is 2. The molecule has 0 unspecified atom stereocenters. The Bertz CT molecular complexity index is 449. The third kappa shape index (κ3) is 4.73. The van der Waals surface area contributed by atoms with Gasteiger partial charge in [-0.1, -0.05) is 11.6 Å². The van der Waals surface area contributed by atoms with Crippen LogP contribution in [0.4, 0.5) is 11.4 Å². The molecule has 0 saturated carbocycles. The normalized spacial score (nSPS) is 9.94. The Morgan fingerprint density at radius 2 is 2.06 bits per heavy atom. The minimum absolute atomic E-state index is 0.151. The second kappa shape index (κ2) is 6.98. The number of hydrogen-bond donors (Lipinski definition) is 3. The predicted molar refractivity (Wildman–Crippen MR) is 72.7 cm³/mol. The van der Waals surface area contributed by atoms with Crippen LogP contribution in [0.3, 0.4) is 0 Å². The van der Waals surface area contributed by atoms with Gasteiger partial charge in [-0.2, -0.15) is 0 Å². The molecule has 1 aromatic rings. The van der Waals surface area contributed by atoms with Gasteiger partial charge in [0, 0.05) is 19.0 Å². The maximum Gasteiger partial charge on any atom is 0.224 e. The molecule has 0 heterocycles. The minimum atomic E-state index is -0.183. The molecule has 0 spiro atoms. The van der Waals surface area contributed by atoms with E-state index in [1.54, 1.807) is 18.2 Å². The second-order valence-corrected chi connectivity index (χ2v) is 4.22. The standard InChI is InChI=1S/C12H16ClN3O2/c1-8(17)15-9-4-5-10(13)11(7-9)16-12(18)3-2-6-14/h4-5,7H,2-3,6,14H2,1H3,(H,15,17)(H,16,18). The van der Waals surface area contributed by atoms with Crippen LogP contribution in [0.25, 0.3) is 0 Å². The fraction of sp³-hybridized carbons (Fsp3) is 0.333. The number of halogens is 1. The number of rotatable bonds is 5. The Balaban J connectivity index is 2.74. The van der Waals surface area contributed by atoms with Crippen LogP contribution < -0.4 is 16.4 Å². The monoisotopic (exact) mass is 269 g/mol. The molecule has 0 aromatic heterocycles. The molecule has 6 heteroatoms. The molecule has 0 atom stereocenters. The van der Waals surface area contributed by atoms with Gasteiger partial charge in [0.2, 0.25) is 11.8 Å². The van der Waals surface area contributed by atoms with E-state index >= 15 is 0 Å². The van der Waals surface area contributed by atoms with Crippen LogP contribution in [0.5, 0.6) is 0 Å². The molecule has 4 N–H and O–H groups in total. The van der Waals surface area contributed by atoms with E-state index in [2.05, 4.69) is 10.6 Å². The minimum Gasteiger partial charge on any atom is -0.330 e. The van der Waals surface area contributed by atoms with Crippen molar-refractivity contribution in [3.05, 3.63) is 23.2 Å². The van der Waals surface area contributed by atoms with Gasteiger partial charge in [0.1, 0.15) is 0 Å². The topological polar surface area (TPSA) is 84.2 Å². The molecule has 0 bridgehead atoms.